The Balaban J connectivity index is 1.89. The molecule has 24 heavy (non-hydrogen) atoms. The van der Waals surface area contributed by atoms with Gasteiger partial charge < -0.3 is 10.2 Å². The van der Waals surface area contributed by atoms with Gasteiger partial charge in [-0.2, -0.15) is 0 Å². The largest absolute Gasteiger partial charge is 0.354 e. The zero-order valence-electron chi connectivity index (χ0n) is 13.3. The highest BCUT2D eigenvalue weighted by Gasteiger charge is 2.12. The first kappa shape index (κ1) is 18.1. The van der Waals surface area contributed by atoms with Gasteiger partial charge in [0.1, 0.15) is 5.82 Å². The average molecular weight is 393 g/mol. The number of benzene rings is 2. The first-order chi connectivity index (χ1) is 11.5. The highest BCUT2D eigenvalue weighted by atomic mass is 79.9. The standard InChI is InChI=1S/C18H18BrFN2O2/c1-13(23)22(16-8-6-15(20)7-9-16)11-10-21-18(24)12-14-4-2-3-5-17(14)19/h2-9H,10-12H2,1H3,(H,21,24). The maximum Gasteiger partial charge on any atom is 0.224 e. The van der Waals surface area contributed by atoms with Crippen molar-refractivity contribution in [1.29, 1.82) is 0 Å². The van der Waals surface area contributed by atoms with Gasteiger partial charge in [-0.15, -0.1) is 0 Å². The van der Waals surface area contributed by atoms with Crippen LogP contribution in [0.25, 0.3) is 0 Å². The number of rotatable bonds is 6. The molecule has 2 rings (SSSR count). The Morgan fingerprint density at radius 2 is 1.79 bits per heavy atom. The van der Waals surface area contributed by atoms with E-state index in [2.05, 4.69) is 21.2 Å². The van der Waals surface area contributed by atoms with Gasteiger partial charge >= 0.3 is 0 Å². The van der Waals surface area contributed by atoms with Gasteiger partial charge in [0.15, 0.2) is 0 Å². The molecule has 6 heteroatoms. The number of carbonyl (C=O) groups excluding carboxylic acids is 2. The van der Waals surface area contributed by atoms with Gasteiger partial charge in [-0.25, -0.2) is 4.39 Å². The molecule has 2 aromatic carbocycles. The number of carbonyl (C=O) groups is 2. The van der Waals surface area contributed by atoms with Gasteiger partial charge in [0, 0.05) is 30.2 Å². The fourth-order valence-corrected chi connectivity index (χ4v) is 2.70. The zero-order chi connectivity index (χ0) is 17.5. The number of hydrogen-bond acceptors (Lipinski definition) is 2. The number of amides is 2. The second-order valence-corrected chi connectivity index (χ2v) is 6.12. The summed E-state index contributed by atoms with van der Waals surface area (Å²) in [7, 11) is 0. The highest BCUT2D eigenvalue weighted by molar-refractivity contribution is 9.10. The molecular formula is C18H18BrFN2O2. The highest BCUT2D eigenvalue weighted by Crippen LogP contribution is 2.16. The van der Waals surface area contributed by atoms with Crippen molar-refractivity contribution in [2.75, 3.05) is 18.0 Å². The van der Waals surface area contributed by atoms with Crippen LogP contribution in [0.15, 0.2) is 53.0 Å². The van der Waals surface area contributed by atoms with Crippen LogP contribution in [-0.2, 0) is 16.0 Å². The summed E-state index contributed by atoms with van der Waals surface area (Å²) in [5.74, 6) is -0.643. The van der Waals surface area contributed by atoms with E-state index in [1.807, 2.05) is 24.3 Å². The van der Waals surface area contributed by atoms with Gasteiger partial charge in [0.25, 0.3) is 0 Å². The molecule has 4 nitrogen and oxygen atoms in total. The SMILES string of the molecule is CC(=O)N(CCNC(=O)Cc1ccccc1Br)c1ccc(F)cc1. The molecule has 0 heterocycles. The van der Waals surface area contributed by atoms with Gasteiger partial charge in [-0.1, -0.05) is 34.1 Å². The van der Waals surface area contributed by atoms with Gasteiger partial charge in [-0.05, 0) is 35.9 Å². The molecule has 2 amide bonds. The second-order valence-electron chi connectivity index (χ2n) is 5.27. The maximum atomic E-state index is 13.0. The van der Waals surface area contributed by atoms with Crippen molar-refractivity contribution < 1.29 is 14.0 Å². The van der Waals surface area contributed by atoms with Gasteiger partial charge in [-0.3, -0.25) is 9.59 Å². The van der Waals surface area contributed by atoms with E-state index in [1.54, 1.807) is 12.1 Å². The Morgan fingerprint density at radius 1 is 1.12 bits per heavy atom. The summed E-state index contributed by atoms with van der Waals surface area (Å²) in [6.07, 6.45) is 0.262. The summed E-state index contributed by atoms with van der Waals surface area (Å²) in [4.78, 5) is 25.3. The number of halogens is 2. The third-order valence-corrected chi connectivity index (χ3v) is 4.26. The number of nitrogens with zero attached hydrogens (tertiary/aromatic N) is 1. The van der Waals surface area contributed by atoms with Crippen molar-refractivity contribution in [3.05, 3.63) is 64.4 Å². The molecule has 0 fully saturated rings. The van der Waals surface area contributed by atoms with Crippen molar-refractivity contribution in [2.45, 2.75) is 13.3 Å². The topological polar surface area (TPSA) is 49.4 Å². The van der Waals surface area contributed by atoms with Crippen LogP contribution in [0.1, 0.15) is 12.5 Å². The molecule has 2 aromatic rings. The van der Waals surface area contributed by atoms with Crippen LogP contribution in [0.2, 0.25) is 0 Å². The second kappa shape index (κ2) is 8.59. The lowest BCUT2D eigenvalue weighted by molar-refractivity contribution is -0.121. The molecule has 0 radical (unpaired) electrons. The van der Waals surface area contributed by atoms with E-state index in [4.69, 9.17) is 0 Å². The minimum absolute atomic E-state index is 0.121. The Kier molecular flexibility index (Phi) is 6.49. The summed E-state index contributed by atoms with van der Waals surface area (Å²) in [6.45, 7) is 2.08. The van der Waals surface area contributed by atoms with Crippen LogP contribution in [-0.4, -0.2) is 24.9 Å². The number of anilines is 1. The molecule has 0 aromatic heterocycles. The monoisotopic (exact) mass is 392 g/mol. The lowest BCUT2D eigenvalue weighted by Crippen LogP contribution is -2.38. The van der Waals surface area contributed by atoms with E-state index >= 15 is 0 Å². The molecule has 0 saturated carbocycles. The van der Waals surface area contributed by atoms with Crippen molar-refractivity contribution in [2.24, 2.45) is 0 Å². The number of nitrogens with one attached hydrogen (secondary N) is 1. The lowest BCUT2D eigenvalue weighted by Gasteiger charge is -2.21. The Labute approximate surface area is 148 Å². The Morgan fingerprint density at radius 3 is 2.42 bits per heavy atom. The molecule has 0 spiro atoms. The van der Waals surface area contributed by atoms with Crippen LogP contribution < -0.4 is 10.2 Å². The molecule has 0 unspecified atom stereocenters. The van der Waals surface area contributed by atoms with Crippen LogP contribution in [0.3, 0.4) is 0 Å². The third kappa shape index (κ3) is 5.16. The summed E-state index contributed by atoms with van der Waals surface area (Å²) in [5, 5.41) is 2.80. The molecule has 0 bridgehead atoms. The van der Waals surface area contributed by atoms with Crippen molar-refractivity contribution in [3.8, 4) is 0 Å². The maximum absolute atomic E-state index is 13.0. The lowest BCUT2D eigenvalue weighted by atomic mass is 10.1. The normalized spacial score (nSPS) is 10.3. The molecular weight excluding hydrogens is 375 g/mol. The van der Waals surface area contributed by atoms with E-state index in [9.17, 15) is 14.0 Å². The van der Waals surface area contributed by atoms with Crippen LogP contribution >= 0.6 is 15.9 Å². The van der Waals surface area contributed by atoms with E-state index in [1.165, 1.54) is 24.0 Å². The van der Waals surface area contributed by atoms with Crippen molar-refractivity contribution >= 4 is 33.4 Å². The van der Waals surface area contributed by atoms with Crippen LogP contribution in [0.4, 0.5) is 10.1 Å². The predicted octanol–water partition coefficient (Wildman–Crippen LogP) is 3.30. The molecule has 0 aliphatic carbocycles. The molecule has 1 N–H and O–H groups in total. The van der Waals surface area contributed by atoms with E-state index in [-0.39, 0.29) is 24.1 Å². The fourth-order valence-electron chi connectivity index (χ4n) is 2.27. The van der Waals surface area contributed by atoms with Crippen LogP contribution in [0, 0.1) is 5.82 Å². The van der Waals surface area contributed by atoms with Gasteiger partial charge in [0.2, 0.25) is 11.8 Å². The quantitative estimate of drug-likeness (QED) is 0.819. The van der Waals surface area contributed by atoms with Crippen LogP contribution in [0.5, 0.6) is 0 Å². The fraction of sp³-hybridized carbons (Fsp3) is 0.222. The predicted molar refractivity (Wildman–Crippen MR) is 95.3 cm³/mol. The van der Waals surface area contributed by atoms with Crippen molar-refractivity contribution in [3.63, 3.8) is 0 Å². The smallest absolute Gasteiger partial charge is 0.224 e. The molecule has 0 atom stereocenters. The minimum atomic E-state index is -0.357. The minimum Gasteiger partial charge on any atom is -0.354 e. The summed E-state index contributed by atoms with van der Waals surface area (Å²) in [6, 6.07) is 13.2. The van der Waals surface area contributed by atoms with Crippen molar-refractivity contribution in [1.82, 2.24) is 5.32 Å². The third-order valence-electron chi connectivity index (χ3n) is 3.48. The number of hydrogen-bond donors (Lipinski definition) is 1. The Hall–Kier alpha value is -2.21. The summed E-state index contributed by atoms with van der Waals surface area (Å²) >= 11 is 3.41. The Bertz CT molecular complexity index is 719. The molecule has 0 saturated heterocycles. The first-order valence-electron chi connectivity index (χ1n) is 7.51. The zero-order valence-corrected chi connectivity index (χ0v) is 14.8. The first-order valence-corrected chi connectivity index (χ1v) is 8.30. The van der Waals surface area contributed by atoms with E-state index in [0.717, 1.165) is 10.0 Å². The molecule has 0 aliphatic rings. The summed E-state index contributed by atoms with van der Waals surface area (Å²) < 4.78 is 13.9. The van der Waals surface area contributed by atoms with E-state index in [0.29, 0.717) is 18.8 Å². The average Bonchev–Trinajstić information content (AvgIpc) is 2.54. The van der Waals surface area contributed by atoms with Gasteiger partial charge in [0.05, 0.1) is 6.42 Å². The molecule has 0 aliphatic heterocycles. The van der Waals surface area contributed by atoms with E-state index < -0.39 is 0 Å². The molecule has 126 valence electrons. The summed E-state index contributed by atoms with van der Waals surface area (Å²) in [5.41, 5.74) is 1.50.